The zero-order valence-corrected chi connectivity index (χ0v) is 26.6. The molecule has 0 radical (unpaired) electrons. The van der Waals surface area contributed by atoms with Gasteiger partial charge in [0, 0.05) is 19.3 Å². The third-order valence-electron chi connectivity index (χ3n) is 6.34. The summed E-state index contributed by atoms with van der Waals surface area (Å²) in [6.07, 6.45) is 16.0. The van der Waals surface area contributed by atoms with Gasteiger partial charge in [-0.3, -0.25) is 13.8 Å². The molecule has 2 unspecified atom stereocenters. The lowest BCUT2D eigenvalue weighted by Gasteiger charge is -2.29. The van der Waals surface area contributed by atoms with E-state index in [0.29, 0.717) is 10.9 Å². The minimum absolute atomic E-state index is 0.208. The van der Waals surface area contributed by atoms with Crippen LogP contribution in [0.5, 0.6) is 0 Å². The van der Waals surface area contributed by atoms with Gasteiger partial charge in [0.15, 0.2) is 11.9 Å². The molecule has 0 amide bonds. The van der Waals surface area contributed by atoms with Crippen LogP contribution in [0.1, 0.15) is 116 Å². The third-order valence-corrected chi connectivity index (χ3v) is 7.34. The maximum atomic E-state index is 12.7. The van der Waals surface area contributed by atoms with Gasteiger partial charge in [-0.25, -0.2) is 4.57 Å². The van der Waals surface area contributed by atoms with Gasteiger partial charge in [-0.15, -0.1) is 0 Å². The number of aliphatic hydroxyl groups is 2. The molecule has 0 saturated heterocycles. The number of hydrogen-bond donors (Lipinski definition) is 3. The van der Waals surface area contributed by atoms with E-state index >= 15 is 0 Å². The molecule has 0 aromatic rings. The highest BCUT2D eigenvalue weighted by Crippen LogP contribution is 2.45. The first kappa shape index (κ1) is 38.8. The summed E-state index contributed by atoms with van der Waals surface area (Å²) in [6.45, 7) is 1.29. The van der Waals surface area contributed by atoms with Crippen molar-refractivity contribution in [1.82, 2.24) is 0 Å². The van der Waals surface area contributed by atoms with Gasteiger partial charge in [0.1, 0.15) is 12.6 Å². The van der Waals surface area contributed by atoms with Crippen LogP contribution in [-0.2, 0) is 18.4 Å². The van der Waals surface area contributed by atoms with Crippen molar-refractivity contribution in [2.24, 2.45) is 0 Å². The zero-order valence-electron chi connectivity index (χ0n) is 25.7. The Morgan fingerprint density at radius 1 is 0.825 bits per heavy atom. The second kappa shape index (κ2) is 24.4. The Bertz CT molecular complexity index is 820. The van der Waals surface area contributed by atoms with Crippen LogP contribution in [0.2, 0.25) is 0 Å². The molecule has 0 aliphatic rings. The SMILES string of the molecule is CCCCCCCCCCC#CC#CCCCCCCCCC(=O)C(C[N+](C)(C)C)OP(=O)(O)OC[C@H](O)CO. The maximum Gasteiger partial charge on any atom is 0.473 e. The fourth-order valence-corrected chi connectivity index (χ4v) is 4.98. The number of hydrogen-bond acceptors (Lipinski definition) is 6. The lowest BCUT2D eigenvalue weighted by atomic mass is 10.0. The molecular weight excluding hydrogens is 529 g/mol. The molecule has 9 heteroatoms. The molecule has 0 fully saturated rings. The van der Waals surface area contributed by atoms with E-state index in [0.717, 1.165) is 44.9 Å². The smallest absolute Gasteiger partial charge is 0.394 e. The number of phosphoric ester groups is 1. The molecule has 0 rings (SSSR count). The molecule has 0 aliphatic carbocycles. The standard InChI is InChI=1S/C31H56NO7P/c1-5-6-7-8-9-10-11-12-13-14-15-16-17-18-19-20-21-22-23-24-25-30(35)31(26-32(2,3)4)39-40(36,37)38-28-29(34)27-33/h29,31,33-34H,5-13,18-28H2,1-4H3/p+1/t29-,31?/m1/s1. The summed E-state index contributed by atoms with van der Waals surface area (Å²) >= 11 is 0. The highest BCUT2D eigenvalue weighted by atomic mass is 31.2. The van der Waals surface area contributed by atoms with Crippen molar-refractivity contribution < 1.29 is 38.0 Å². The van der Waals surface area contributed by atoms with Crippen LogP contribution in [0.3, 0.4) is 0 Å². The normalized spacial score (nSPS) is 14.4. The molecule has 0 saturated carbocycles. The highest BCUT2D eigenvalue weighted by molar-refractivity contribution is 7.47. The summed E-state index contributed by atoms with van der Waals surface area (Å²) in [6, 6.07) is 0. The van der Waals surface area contributed by atoms with E-state index < -0.39 is 33.2 Å². The van der Waals surface area contributed by atoms with Gasteiger partial charge in [0.25, 0.3) is 0 Å². The van der Waals surface area contributed by atoms with Crippen molar-refractivity contribution >= 4 is 13.6 Å². The summed E-state index contributed by atoms with van der Waals surface area (Å²) in [7, 11) is 1.02. The van der Waals surface area contributed by atoms with Crippen LogP contribution in [0.15, 0.2) is 0 Å². The van der Waals surface area contributed by atoms with Crippen LogP contribution in [0.25, 0.3) is 0 Å². The second-order valence-electron chi connectivity index (χ2n) is 11.6. The van der Waals surface area contributed by atoms with Gasteiger partial charge in [0.05, 0.1) is 34.4 Å². The van der Waals surface area contributed by atoms with Gasteiger partial charge in [-0.05, 0) is 31.1 Å². The first-order valence-electron chi connectivity index (χ1n) is 15.2. The predicted molar refractivity (Wildman–Crippen MR) is 161 cm³/mol. The Balaban J connectivity index is 4.04. The first-order chi connectivity index (χ1) is 19.0. The number of rotatable bonds is 25. The van der Waals surface area contributed by atoms with E-state index in [9.17, 15) is 19.4 Å². The van der Waals surface area contributed by atoms with E-state index in [1.165, 1.54) is 51.4 Å². The molecule has 0 spiro atoms. The number of nitrogens with zero attached hydrogens (tertiary/aromatic N) is 1. The number of carbonyl (C=O) groups is 1. The Morgan fingerprint density at radius 3 is 1.77 bits per heavy atom. The molecule has 0 bridgehead atoms. The predicted octanol–water partition coefficient (Wildman–Crippen LogP) is 5.78. The number of Topliss-reactive ketones (excluding diaryl/α,β-unsaturated/α-hetero) is 1. The topological polar surface area (TPSA) is 113 Å². The lowest BCUT2D eigenvalue weighted by Crippen LogP contribution is -2.45. The Labute approximate surface area is 244 Å². The summed E-state index contributed by atoms with van der Waals surface area (Å²) in [5.74, 6) is 12.0. The van der Waals surface area contributed by atoms with Crippen molar-refractivity contribution in [1.29, 1.82) is 0 Å². The van der Waals surface area contributed by atoms with Crippen LogP contribution in [0.4, 0.5) is 0 Å². The van der Waals surface area contributed by atoms with Gasteiger partial charge in [-0.1, -0.05) is 89.4 Å². The number of ketones is 1. The van der Waals surface area contributed by atoms with Crippen LogP contribution in [-0.4, -0.2) is 78.5 Å². The van der Waals surface area contributed by atoms with Gasteiger partial charge in [-0.2, -0.15) is 0 Å². The summed E-state index contributed by atoms with van der Waals surface area (Å²) < 4.78 is 22.5. The minimum atomic E-state index is -4.56. The van der Waals surface area contributed by atoms with E-state index in [-0.39, 0.29) is 18.7 Å². The maximum absolute atomic E-state index is 12.7. The van der Waals surface area contributed by atoms with Crippen LogP contribution < -0.4 is 0 Å². The molecule has 3 atom stereocenters. The number of unbranched alkanes of at least 4 members (excludes halogenated alkanes) is 14. The number of quaternary nitrogens is 1. The average Bonchev–Trinajstić information content (AvgIpc) is 2.89. The quantitative estimate of drug-likeness (QED) is 0.0538. The van der Waals surface area contributed by atoms with Crippen molar-refractivity contribution in [2.45, 2.75) is 128 Å². The van der Waals surface area contributed by atoms with Gasteiger partial charge in [0.2, 0.25) is 0 Å². The summed E-state index contributed by atoms with van der Waals surface area (Å²) in [5, 5.41) is 18.2. The number of phosphoric acid groups is 1. The molecule has 40 heavy (non-hydrogen) atoms. The molecule has 3 N–H and O–H groups in total. The highest BCUT2D eigenvalue weighted by Gasteiger charge is 2.34. The average molecular weight is 587 g/mol. The van der Waals surface area contributed by atoms with Crippen molar-refractivity contribution in [3.8, 4) is 23.7 Å². The lowest BCUT2D eigenvalue weighted by molar-refractivity contribution is -0.872. The van der Waals surface area contributed by atoms with Crippen molar-refractivity contribution in [2.75, 3.05) is 40.9 Å². The first-order valence-corrected chi connectivity index (χ1v) is 16.7. The fourth-order valence-electron chi connectivity index (χ4n) is 4.06. The van der Waals surface area contributed by atoms with Crippen LogP contribution >= 0.6 is 7.82 Å². The fraction of sp³-hybridized carbons (Fsp3) is 0.839. The van der Waals surface area contributed by atoms with E-state index in [4.69, 9.17) is 14.2 Å². The monoisotopic (exact) mass is 586 g/mol. The van der Waals surface area contributed by atoms with E-state index in [1.807, 2.05) is 21.1 Å². The largest absolute Gasteiger partial charge is 0.473 e. The van der Waals surface area contributed by atoms with E-state index in [1.54, 1.807) is 0 Å². The molecule has 0 aromatic heterocycles. The molecular formula is C31H57NO7P+. The Hall–Kier alpha value is -1.22. The molecule has 0 aliphatic heterocycles. The molecule has 0 aromatic carbocycles. The zero-order chi connectivity index (χ0) is 30.1. The van der Waals surface area contributed by atoms with Gasteiger partial charge < -0.3 is 19.6 Å². The molecule has 0 heterocycles. The molecule has 8 nitrogen and oxygen atoms in total. The third kappa shape index (κ3) is 25.7. The summed E-state index contributed by atoms with van der Waals surface area (Å²) in [4.78, 5) is 22.7. The van der Waals surface area contributed by atoms with Crippen molar-refractivity contribution in [3.63, 3.8) is 0 Å². The number of likely N-dealkylation sites (N-methyl/N-ethyl adjacent to an activating group) is 1. The van der Waals surface area contributed by atoms with Gasteiger partial charge >= 0.3 is 7.82 Å². The Morgan fingerprint density at radius 2 is 1.30 bits per heavy atom. The van der Waals surface area contributed by atoms with E-state index in [2.05, 4.69) is 30.6 Å². The van der Waals surface area contributed by atoms with Crippen LogP contribution in [0, 0.1) is 23.7 Å². The molecule has 232 valence electrons. The summed E-state index contributed by atoms with van der Waals surface area (Å²) in [5.41, 5.74) is 0. The minimum Gasteiger partial charge on any atom is -0.394 e. The number of aliphatic hydroxyl groups excluding tert-OH is 2. The van der Waals surface area contributed by atoms with Crippen molar-refractivity contribution in [3.05, 3.63) is 0 Å². The Kier molecular flexibility index (Phi) is 23.6. The second-order valence-corrected chi connectivity index (χ2v) is 13.0. The number of carbonyl (C=O) groups excluding carboxylic acids is 1.